The summed E-state index contributed by atoms with van der Waals surface area (Å²) in [5.41, 5.74) is 9.10. The maximum absolute atomic E-state index is 14.1. The Bertz CT molecular complexity index is 5560. The number of aromatic hydroxyl groups is 1. The number of amidine groups is 1. The monoisotopic (exact) mass is 1790 g/mol. The van der Waals surface area contributed by atoms with Crippen LogP contribution >= 0.6 is 69.8 Å². The first-order chi connectivity index (χ1) is 57.9. The molecule has 0 spiro atoms. The fraction of sp³-hybridized carbons (Fsp3) is 0.312. The molecule has 0 saturated carbocycles. The molecule has 646 valence electrons. The second-order valence-electron chi connectivity index (χ2n) is 32.1. The number of nitrogens with zero attached hydrogens (tertiary/aromatic N) is 4. The van der Waals surface area contributed by atoms with Crippen LogP contribution in [0.25, 0.3) is 0 Å². The van der Waals surface area contributed by atoms with Gasteiger partial charge in [-0.1, -0.05) is 181 Å². The second-order valence-corrected chi connectivity index (χ2v) is 35.3. The van der Waals surface area contributed by atoms with Crippen molar-refractivity contribution in [3.05, 3.63) is 234 Å². The van der Waals surface area contributed by atoms with Crippen molar-refractivity contribution in [1.29, 1.82) is 5.26 Å². The van der Waals surface area contributed by atoms with Gasteiger partial charge in [0.25, 0.3) is 29.5 Å². The summed E-state index contributed by atoms with van der Waals surface area (Å²) in [6.45, 7) is 31.9. The predicted octanol–water partition coefficient (Wildman–Crippen LogP) is 22.6. The van der Waals surface area contributed by atoms with Crippen LogP contribution in [-0.4, -0.2) is 99.5 Å². The Morgan fingerprint density at radius 3 is 1.82 bits per heavy atom. The maximum Gasteiger partial charge on any atom is 0.418 e. The Morgan fingerprint density at radius 1 is 0.626 bits per heavy atom. The Hall–Kier alpha value is -11.5. The van der Waals surface area contributed by atoms with E-state index in [1.165, 1.54) is 60.4 Å². The Kier molecular flexibility index (Phi) is 31.5. The van der Waals surface area contributed by atoms with Crippen LogP contribution in [0.15, 0.2) is 180 Å². The number of nitriles is 1. The van der Waals surface area contributed by atoms with Crippen LogP contribution in [0.4, 0.5) is 49.4 Å². The number of imide groups is 1. The van der Waals surface area contributed by atoms with Gasteiger partial charge >= 0.3 is 12.1 Å². The summed E-state index contributed by atoms with van der Waals surface area (Å²) in [6, 6.07) is 48.3. The molecule has 30 heteroatoms. The molecule has 0 radical (unpaired) electrons. The maximum atomic E-state index is 14.1. The molecular weight excluding hydrogens is 1690 g/mol. The number of anilines is 6. The lowest BCUT2D eigenvalue weighted by molar-refractivity contribution is -0.145. The van der Waals surface area contributed by atoms with E-state index in [9.17, 15) is 43.5 Å². The first-order valence-electron chi connectivity index (χ1n) is 39.4. The molecule has 0 bridgehead atoms. The molecule has 9 aromatic rings. The minimum absolute atomic E-state index is 0.0201. The number of hydrogen-bond donors (Lipinski definition) is 7. The summed E-state index contributed by atoms with van der Waals surface area (Å²) in [7, 11) is 1.56. The van der Waals surface area contributed by atoms with Gasteiger partial charge in [-0.05, 0) is 210 Å². The first-order valence-corrected chi connectivity index (χ1v) is 42.1. The Morgan fingerprint density at radius 2 is 1.22 bits per heavy atom. The number of thioether (sulfide) groups is 1. The number of hydrogen-bond acceptors (Lipinski definition) is 17. The van der Waals surface area contributed by atoms with Crippen molar-refractivity contribution in [2.75, 3.05) is 38.7 Å². The highest BCUT2D eigenvalue weighted by atomic mass is 35.5. The molecule has 11 rings (SSSR count). The van der Waals surface area contributed by atoms with E-state index in [1.54, 1.807) is 120 Å². The van der Waals surface area contributed by atoms with Crippen LogP contribution < -0.4 is 56.0 Å². The predicted molar refractivity (Wildman–Crippen MR) is 488 cm³/mol. The average molecular weight is 1790 g/mol. The number of cyclic esters (lactones) is 1. The lowest BCUT2D eigenvalue weighted by Crippen LogP contribution is -2.55. The van der Waals surface area contributed by atoms with Crippen LogP contribution in [-0.2, 0) is 44.3 Å². The number of benzene rings is 9. The molecule has 4 atom stereocenters. The highest BCUT2D eigenvalue weighted by Gasteiger charge is 2.55. The van der Waals surface area contributed by atoms with E-state index in [-0.39, 0.29) is 72.0 Å². The number of hydrazine groups is 1. The van der Waals surface area contributed by atoms with Gasteiger partial charge in [-0.15, -0.1) is 11.8 Å². The summed E-state index contributed by atoms with van der Waals surface area (Å²) >= 11 is 33.0. The minimum atomic E-state index is -1.66. The standard InChI is InChI=1S/C40H46N4O6.C34H30Cl4N4O3S.C19H23ClN2O5/c1-9-39(4,5)27-13-20-35(31(21-27)40(6,7)10-2)49-25(3)37(46)43-33-22-34(45)32(23-36(33)50-30-18-16-29(48-8)17-19-30)44-38(47)42-28-14-11-26(24-41)12-15-28;1-5-27(45-28-13-11-18(2)14-20(28)4)33(43)40-25-8-6-7-9-29(25)46-31-32(39-26-15-19(3)10-12-22(26)36)41-42(34(31)44)30-23(37)16-21(35)17-24(30)38;1-10-7-8-11(20)12(9-10)21-15(24)13(14(23)18(2,3)4)22-16(25)19(5,6)27-17(22)26/h11-23,25,45H,9-10H2,1-8H3,(H,43,46)(H2,42,44,47);6-17,27,31H,5H2,1-4H3,(H,39,41)(H,40,43);7-9,13H,1-6H3,(H,21,24). The van der Waals surface area contributed by atoms with Gasteiger partial charge in [0.15, 0.2) is 35.4 Å². The van der Waals surface area contributed by atoms with E-state index in [0.29, 0.717) is 77.7 Å². The van der Waals surface area contributed by atoms with Gasteiger partial charge in [-0.25, -0.2) is 24.5 Å². The average Bonchev–Trinajstić information content (AvgIpc) is 1.70. The molecule has 24 nitrogen and oxygen atoms in total. The van der Waals surface area contributed by atoms with E-state index in [2.05, 4.69) is 85.7 Å². The Labute approximate surface area is 745 Å². The van der Waals surface area contributed by atoms with Crippen molar-refractivity contribution in [2.24, 2.45) is 10.4 Å². The minimum Gasteiger partial charge on any atom is -0.506 e. The van der Waals surface area contributed by atoms with E-state index in [4.69, 9.17) is 91.9 Å². The lowest BCUT2D eigenvalue weighted by atomic mass is 9.76. The van der Waals surface area contributed by atoms with Crippen LogP contribution in [0.5, 0.6) is 34.5 Å². The molecule has 0 aliphatic carbocycles. The van der Waals surface area contributed by atoms with Gasteiger partial charge in [-0.3, -0.25) is 34.2 Å². The smallest absolute Gasteiger partial charge is 0.418 e. The van der Waals surface area contributed by atoms with Gasteiger partial charge < -0.3 is 55.4 Å². The largest absolute Gasteiger partial charge is 0.506 e. The molecule has 8 amide bonds. The van der Waals surface area contributed by atoms with E-state index >= 15 is 0 Å². The number of ether oxygens (including phenoxy) is 5. The molecule has 2 aliphatic heterocycles. The topological polar surface area (TPSA) is 318 Å². The molecule has 2 heterocycles. The van der Waals surface area contributed by atoms with Crippen molar-refractivity contribution in [3.63, 3.8) is 0 Å². The van der Waals surface area contributed by atoms with Crippen LogP contribution in [0.2, 0.25) is 25.1 Å². The number of carbonyl (C=O) groups excluding carboxylic acids is 8. The summed E-state index contributed by atoms with van der Waals surface area (Å²) in [4.78, 5) is 111. The molecule has 2 aliphatic rings. The number of carbonyl (C=O) groups is 8. The Balaban J connectivity index is 0.000000218. The number of aryl methyl sites for hydroxylation is 4. The number of ketones is 1. The van der Waals surface area contributed by atoms with Crippen molar-refractivity contribution >= 4 is 163 Å². The van der Waals surface area contributed by atoms with Crippen molar-refractivity contribution in [2.45, 2.75) is 182 Å². The third-order valence-corrected chi connectivity index (χ3v) is 23.1. The number of para-hydroxylation sites is 1. The van der Waals surface area contributed by atoms with Crippen LogP contribution in [0.1, 0.15) is 148 Å². The quantitative estimate of drug-likeness (QED) is 0.0196. The van der Waals surface area contributed by atoms with Gasteiger partial charge in [0, 0.05) is 38.7 Å². The van der Waals surface area contributed by atoms with Crippen LogP contribution in [0, 0.1) is 44.4 Å². The first kappa shape index (κ1) is 95.3. The molecule has 4 unspecified atom stereocenters. The fourth-order valence-corrected chi connectivity index (χ4v) is 14.8. The number of halogens is 5. The number of rotatable bonds is 26. The third kappa shape index (κ3) is 24.1. The number of Topliss-reactive ketones (excluding diaryl/α,β-unsaturated/α-hetero) is 1. The molecular formula is C93H99Cl5N10O14S. The molecule has 9 aromatic carbocycles. The number of amides is 8. The van der Waals surface area contributed by atoms with Crippen molar-refractivity contribution < 1.29 is 67.1 Å². The van der Waals surface area contributed by atoms with Gasteiger partial charge in [-0.2, -0.15) is 5.26 Å². The van der Waals surface area contributed by atoms with Gasteiger partial charge in [0.1, 0.15) is 45.5 Å². The number of phenolic OH excluding ortho intramolecular Hbond substituents is 1. The zero-order valence-electron chi connectivity index (χ0n) is 71.4. The summed E-state index contributed by atoms with van der Waals surface area (Å²) in [5, 5.41) is 35.4. The molecule has 0 aromatic heterocycles. The van der Waals surface area contributed by atoms with E-state index < -0.39 is 70.1 Å². The number of nitrogens with one attached hydrogen (secondary N) is 6. The summed E-state index contributed by atoms with van der Waals surface area (Å²) in [6.07, 6.45) is -0.388. The number of phenols is 1. The van der Waals surface area contributed by atoms with E-state index in [0.717, 1.165) is 40.7 Å². The van der Waals surface area contributed by atoms with Gasteiger partial charge in [0.05, 0.1) is 67.3 Å². The van der Waals surface area contributed by atoms with Crippen LogP contribution in [0.3, 0.4) is 0 Å². The summed E-state index contributed by atoms with van der Waals surface area (Å²) in [5.74, 6) is -0.874. The molecule has 2 fully saturated rings. The zero-order valence-corrected chi connectivity index (χ0v) is 76.0. The summed E-state index contributed by atoms with van der Waals surface area (Å²) < 4.78 is 28.9. The number of methoxy groups -OCH3 is 1. The van der Waals surface area contributed by atoms with E-state index in [1.807, 2.05) is 89.2 Å². The normalized spacial score (nSPS) is 14.7. The fourth-order valence-electron chi connectivity index (χ4n) is 12.4. The molecule has 7 N–H and O–H groups in total. The SMILES string of the molecule is CCC(C)(C)c1ccc(OC(C)C(=O)Nc2cc(O)c(NC(=O)Nc3ccc(C#N)cc3)cc2Oc2ccc(OC)cc2)c(C(C)(C)CC)c1.CCC(Oc1ccc(C)cc1C)C(=O)Nc1ccccc1SC1C(=O)N(c2c(Cl)cc(Cl)cc2Cl)NC1=Nc1cc(C)ccc1Cl.Cc1ccc(Cl)c(NC(=O)C(C(=O)C(C)(C)C)N2C(=O)OC(C)(C)C2=O)c1. The highest BCUT2D eigenvalue weighted by Crippen LogP contribution is 2.45. The zero-order chi connectivity index (χ0) is 90.5. The number of urea groups is 1. The number of aliphatic imine (C=N–C) groups is 1. The molecule has 123 heavy (non-hydrogen) atoms. The van der Waals surface area contributed by atoms with Gasteiger partial charge in [0.2, 0.25) is 0 Å². The third-order valence-electron chi connectivity index (χ3n) is 20.4. The highest BCUT2D eigenvalue weighted by molar-refractivity contribution is 8.01. The molecule has 2 saturated heterocycles. The van der Waals surface area contributed by atoms with Crippen molar-refractivity contribution in [1.82, 2.24) is 10.3 Å². The second kappa shape index (κ2) is 40.7. The van der Waals surface area contributed by atoms with Crippen molar-refractivity contribution in [3.8, 4) is 40.6 Å². The lowest BCUT2D eigenvalue weighted by Gasteiger charge is -2.31.